The predicted octanol–water partition coefficient (Wildman–Crippen LogP) is 2.37. The van der Waals surface area contributed by atoms with Crippen LogP contribution in [0.15, 0.2) is 18.3 Å². The molecule has 1 aromatic heterocycles. The first kappa shape index (κ1) is 18.5. The van der Waals surface area contributed by atoms with Crippen LogP contribution in [0.3, 0.4) is 0 Å². The van der Waals surface area contributed by atoms with Crippen molar-refractivity contribution in [3.05, 3.63) is 23.9 Å². The standard InChI is InChI=1S/C16H22F3N3O2/c1-10-7-11(8-21-10)22-14(23)15(2,3)9-24-13-12(16(17,18)19)5-4-6-20-13/h4-6,10-11,21H,7-9H2,1-3H3,(H,22,23)/t10-,11-/m0/s1. The third kappa shape index (κ3) is 4.59. The number of carbonyl (C=O) groups is 1. The highest BCUT2D eigenvalue weighted by Gasteiger charge is 2.37. The van der Waals surface area contributed by atoms with Crippen LogP contribution in [0.2, 0.25) is 0 Å². The van der Waals surface area contributed by atoms with Crippen LogP contribution in [-0.4, -0.2) is 36.1 Å². The summed E-state index contributed by atoms with van der Waals surface area (Å²) in [7, 11) is 0. The molecule has 2 rings (SSSR count). The first-order valence-corrected chi connectivity index (χ1v) is 7.79. The van der Waals surface area contributed by atoms with Gasteiger partial charge in [-0.25, -0.2) is 4.98 Å². The van der Waals surface area contributed by atoms with Crippen LogP contribution in [0.1, 0.15) is 32.8 Å². The number of hydrogen-bond acceptors (Lipinski definition) is 4. The van der Waals surface area contributed by atoms with E-state index in [1.165, 1.54) is 12.3 Å². The van der Waals surface area contributed by atoms with Gasteiger partial charge < -0.3 is 15.4 Å². The number of halogens is 3. The van der Waals surface area contributed by atoms with Gasteiger partial charge in [-0.1, -0.05) is 0 Å². The van der Waals surface area contributed by atoms with Gasteiger partial charge in [0, 0.05) is 24.8 Å². The molecule has 1 fully saturated rings. The lowest BCUT2D eigenvalue weighted by Crippen LogP contribution is -2.46. The molecule has 2 atom stereocenters. The predicted molar refractivity (Wildman–Crippen MR) is 82.5 cm³/mol. The fourth-order valence-corrected chi connectivity index (χ4v) is 2.46. The van der Waals surface area contributed by atoms with E-state index in [2.05, 4.69) is 15.6 Å². The summed E-state index contributed by atoms with van der Waals surface area (Å²) in [4.78, 5) is 16.0. The molecule has 1 aliphatic rings. The second kappa shape index (κ2) is 6.96. The Morgan fingerprint density at radius 2 is 2.17 bits per heavy atom. The van der Waals surface area contributed by atoms with Gasteiger partial charge >= 0.3 is 6.18 Å². The van der Waals surface area contributed by atoms with Crippen LogP contribution in [-0.2, 0) is 11.0 Å². The number of nitrogens with one attached hydrogen (secondary N) is 2. The summed E-state index contributed by atoms with van der Waals surface area (Å²) in [5, 5.41) is 6.13. The minimum atomic E-state index is -4.55. The van der Waals surface area contributed by atoms with Crippen LogP contribution in [0, 0.1) is 5.41 Å². The second-order valence-corrected chi connectivity index (χ2v) is 6.74. The third-order valence-corrected chi connectivity index (χ3v) is 3.95. The molecule has 0 unspecified atom stereocenters. The Labute approximate surface area is 139 Å². The largest absolute Gasteiger partial charge is 0.476 e. The molecule has 0 spiro atoms. The molecule has 0 radical (unpaired) electrons. The van der Waals surface area contributed by atoms with Crippen molar-refractivity contribution in [1.82, 2.24) is 15.6 Å². The fourth-order valence-electron chi connectivity index (χ4n) is 2.46. The zero-order valence-corrected chi connectivity index (χ0v) is 13.9. The van der Waals surface area contributed by atoms with Gasteiger partial charge in [-0.2, -0.15) is 13.2 Å². The minimum absolute atomic E-state index is 0.0207. The number of ether oxygens (including phenoxy) is 1. The van der Waals surface area contributed by atoms with Crippen molar-refractivity contribution in [2.45, 2.75) is 45.5 Å². The summed E-state index contributed by atoms with van der Waals surface area (Å²) >= 11 is 0. The number of rotatable bonds is 5. The molecule has 0 saturated carbocycles. The first-order chi connectivity index (χ1) is 11.1. The van der Waals surface area contributed by atoms with E-state index >= 15 is 0 Å². The Hall–Kier alpha value is -1.83. The lowest BCUT2D eigenvalue weighted by Gasteiger charge is -2.26. The molecular formula is C16H22F3N3O2. The maximum atomic E-state index is 12.9. The molecule has 24 heavy (non-hydrogen) atoms. The summed E-state index contributed by atoms with van der Waals surface area (Å²) < 4.78 is 44.0. The number of alkyl halides is 3. The summed E-state index contributed by atoms with van der Waals surface area (Å²) in [6, 6.07) is 2.45. The molecule has 1 aromatic rings. The summed E-state index contributed by atoms with van der Waals surface area (Å²) in [5.74, 6) is -0.769. The van der Waals surface area contributed by atoms with E-state index in [-0.39, 0.29) is 18.6 Å². The van der Waals surface area contributed by atoms with Crippen LogP contribution in [0.25, 0.3) is 0 Å². The SMILES string of the molecule is C[C@H]1C[C@H](NC(=O)C(C)(C)COc2ncccc2C(F)(F)F)CN1. The van der Waals surface area contributed by atoms with E-state index in [0.29, 0.717) is 12.6 Å². The van der Waals surface area contributed by atoms with Gasteiger partial charge in [0.1, 0.15) is 12.2 Å². The summed E-state index contributed by atoms with van der Waals surface area (Å²) in [6.45, 7) is 5.77. The van der Waals surface area contributed by atoms with Crippen LogP contribution >= 0.6 is 0 Å². The third-order valence-electron chi connectivity index (χ3n) is 3.95. The number of amides is 1. The highest BCUT2D eigenvalue weighted by atomic mass is 19.4. The van der Waals surface area contributed by atoms with E-state index < -0.39 is 23.0 Å². The minimum Gasteiger partial charge on any atom is -0.476 e. The maximum absolute atomic E-state index is 12.9. The maximum Gasteiger partial charge on any atom is 0.421 e. The molecule has 1 saturated heterocycles. The average molecular weight is 345 g/mol. The van der Waals surface area contributed by atoms with Crippen molar-refractivity contribution < 1.29 is 22.7 Å². The number of nitrogens with zero attached hydrogens (tertiary/aromatic N) is 1. The zero-order chi connectivity index (χ0) is 18.0. The van der Waals surface area contributed by atoms with E-state index in [9.17, 15) is 18.0 Å². The number of hydrogen-bond donors (Lipinski definition) is 2. The Morgan fingerprint density at radius 1 is 1.46 bits per heavy atom. The van der Waals surface area contributed by atoms with Gasteiger partial charge in [-0.3, -0.25) is 4.79 Å². The average Bonchev–Trinajstić information content (AvgIpc) is 2.89. The molecular weight excluding hydrogens is 323 g/mol. The molecule has 1 aliphatic heterocycles. The molecule has 5 nitrogen and oxygen atoms in total. The van der Waals surface area contributed by atoms with Crippen molar-refractivity contribution in [2.24, 2.45) is 5.41 Å². The van der Waals surface area contributed by atoms with E-state index in [0.717, 1.165) is 12.5 Å². The number of carbonyl (C=O) groups excluding carboxylic acids is 1. The van der Waals surface area contributed by atoms with Gasteiger partial charge in [0.2, 0.25) is 11.8 Å². The fraction of sp³-hybridized carbons (Fsp3) is 0.625. The van der Waals surface area contributed by atoms with Crippen molar-refractivity contribution in [3.8, 4) is 5.88 Å². The Kier molecular flexibility index (Phi) is 5.37. The second-order valence-electron chi connectivity index (χ2n) is 6.74. The van der Waals surface area contributed by atoms with Crippen LogP contribution in [0.4, 0.5) is 13.2 Å². The Morgan fingerprint density at radius 3 is 2.75 bits per heavy atom. The van der Waals surface area contributed by atoms with Gasteiger partial charge in [0.25, 0.3) is 0 Å². The van der Waals surface area contributed by atoms with Crippen molar-refractivity contribution in [2.75, 3.05) is 13.2 Å². The number of pyridine rings is 1. The molecule has 2 heterocycles. The van der Waals surface area contributed by atoms with Gasteiger partial charge in [0.15, 0.2) is 0 Å². The Bertz CT molecular complexity index is 590. The van der Waals surface area contributed by atoms with Gasteiger partial charge in [-0.15, -0.1) is 0 Å². The van der Waals surface area contributed by atoms with Gasteiger partial charge in [-0.05, 0) is 39.3 Å². The van der Waals surface area contributed by atoms with Crippen molar-refractivity contribution in [3.63, 3.8) is 0 Å². The molecule has 8 heteroatoms. The van der Waals surface area contributed by atoms with E-state index in [1.54, 1.807) is 13.8 Å². The number of aromatic nitrogens is 1. The van der Waals surface area contributed by atoms with E-state index in [1.807, 2.05) is 6.92 Å². The van der Waals surface area contributed by atoms with Gasteiger partial charge in [0.05, 0.1) is 5.41 Å². The zero-order valence-electron chi connectivity index (χ0n) is 13.9. The quantitative estimate of drug-likeness (QED) is 0.860. The van der Waals surface area contributed by atoms with Crippen LogP contribution in [0.5, 0.6) is 5.88 Å². The monoisotopic (exact) mass is 345 g/mol. The molecule has 1 amide bonds. The molecule has 0 bridgehead atoms. The lowest BCUT2D eigenvalue weighted by atomic mass is 9.93. The lowest BCUT2D eigenvalue weighted by molar-refractivity contribution is -0.139. The van der Waals surface area contributed by atoms with E-state index in [4.69, 9.17) is 4.74 Å². The van der Waals surface area contributed by atoms with Crippen molar-refractivity contribution in [1.29, 1.82) is 0 Å². The first-order valence-electron chi connectivity index (χ1n) is 7.79. The Balaban J connectivity index is 1.98. The molecule has 134 valence electrons. The summed E-state index contributed by atoms with van der Waals surface area (Å²) in [6.07, 6.45) is -2.51. The smallest absolute Gasteiger partial charge is 0.421 e. The van der Waals surface area contributed by atoms with Crippen LogP contribution < -0.4 is 15.4 Å². The van der Waals surface area contributed by atoms with Crippen molar-refractivity contribution >= 4 is 5.91 Å². The summed E-state index contributed by atoms with van der Waals surface area (Å²) in [5.41, 5.74) is -1.93. The topological polar surface area (TPSA) is 63.2 Å². The molecule has 0 aromatic carbocycles. The highest BCUT2D eigenvalue weighted by molar-refractivity contribution is 5.82. The normalized spacial score (nSPS) is 21.6. The molecule has 2 N–H and O–H groups in total. The molecule has 0 aliphatic carbocycles. The highest BCUT2D eigenvalue weighted by Crippen LogP contribution is 2.35.